The van der Waals surface area contributed by atoms with Gasteiger partial charge in [-0.2, -0.15) is 4.98 Å². The van der Waals surface area contributed by atoms with Crippen molar-refractivity contribution in [1.82, 2.24) is 15.0 Å². The zero-order chi connectivity index (χ0) is 9.26. The Balaban J connectivity index is 2.77. The molecule has 0 saturated carbocycles. The Hall–Kier alpha value is -1.71. The van der Waals surface area contributed by atoms with Crippen LogP contribution in [0.3, 0.4) is 0 Å². The second-order valence-electron chi connectivity index (χ2n) is 2.71. The maximum atomic E-state index is 9.50. The molecule has 2 aromatic heterocycles. The maximum absolute atomic E-state index is 9.50. The number of aryl methyl sites for hydroxylation is 1. The molecule has 0 radical (unpaired) electrons. The normalized spacial score (nSPS) is 10.5. The SMILES string of the molecule is CCc1nc(O)c2ccncc2n1. The molecule has 1 N–H and O–H groups in total. The summed E-state index contributed by atoms with van der Waals surface area (Å²) in [6, 6.07) is 1.70. The Morgan fingerprint density at radius 1 is 1.38 bits per heavy atom. The zero-order valence-corrected chi connectivity index (χ0v) is 7.23. The lowest BCUT2D eigenvalue weighted by atomic mass is 10.3. The smallest absolute Gasteiger partial charge is 0.222 e. The van der Waals surface area contributed by atoms with Crippen molar-refractivity contribution < 1.29 is 5.11 Å². The van der Waals surface area contributed by atoms with Crippen molar-refractivity contribution in [2.24, 2.45) is 0 Å². The van der Waals surface area contributed by atoms with Crippen molar-refractivity contribution in [1.29, 1.82) is 0 Å². The van der Waals surface area contributed by atoms with Gasteiger partial charge in [0, 0.05) is 12.6 Å². The standard InChI is InChI=1S/C9H9N3O/c1-2-8-11-7-5-10-4-3-6(7)9(13)12-8/h3-5H,2H2,1H3,(H,11,12,13). The zero-order valence-electron chi connectivity index (χ0n) is 7.23. The molecule has 0 aromatic carbocycles. The summed E-state index contributed by atoms with van der Waals surface area (Å²) in [5.74, 6) is 0.669. The fourth-order valence-corrected chi connectivity index (χ4v) is 1.17. The van der Waals surface area contributed by atoms with Crippen LogP contribution in [0.1, 0.15) is 12.7 Å². The van der Waals surface area contributed by atoms with Gasteiger partial charge in [0.05, 0.1) is 17.1 Å². The molecule has 0 bridgehead atoms. The number of pyridine rings is 1. The van der Waals surface area contributed by atoms with E-state index in [2.05, 4.69) is 15.0 Å². The van der Waals surface area contributed by atoms with E-state index in [4.69, 9.17) is 0 Å². The number of fused-ring (bicyclic) bond motifs is 1. The molecule has 0 spiro atoms. The molecule has 66 valence electrons. The highest BCUT2D eigenvalue weighted by atomic mass is 16.3. The Bertz CT molecular complexity index is 442. The number of rotatable bonds is 1. The molecule has 0 aliphatic carbocycles. The summed E-state index contributed by atoms with van der Waals surface area (Å²) < 4.78 is 0. The molecule has 4 nitrogen and oxygen atoms in total. The third-order valence-corrected chi connectivity index (χ3v) is 1.84. The maximum Gasteiger partial charge on any atom is 0.222 e. The molecule has 0 fully saturated rings. The molecule has 0 aliphatic heterocycles. The van der Waals surface area contributed by atoms with Crippen molar-refractivity contribution in [2.75, 3.05) is 0 Å². The largest absolute Gasteiger partial charge is 0.493 e. The Labute approximate surface area is 75.3 Å². The Kier molecular flexibility index (Phi) is 1.81. The van der Waals surface area contributed by atoms with Crippen molar-refractivity contribution in [3.05, 3.63) is 24.3 Å². The second kappa shape index (κ2) is 2.97. The van der Waals surface area contributed by atoms with E-state index < -0.39 is 0 Å². The number of nitrogens with zero attached hydrogens (tertiary/aromatic N) is 3. The minimum Gasteiger partial charge on any atom is -0.493 e. The van der Waals surface area contributed by atoms with Crippen LogP contribution in [0.2, 0.25) is 0 Å². The monoisotopic (exact) mass is 175 g/mol. The predicted octanol–water partition coefficient (Wildman–Crippen LogP) is 1.29. The molecule has 2 heterocycles. The number of aromatic hydroxyl groups is 1. The fraction of sp³-hybridized carbons (Fsp3) is 0.222. The average Bonchev–Trinajstić information content (AvgIpc) is 2.18. The lowest BCUT2D eigenvalue weighted by molar-refractivity contribution is 0.456. The first kappa shape index (κ1) is 7.91. The molecule has 0 aliphatic rings. The highest BCUT2D eigenvalue weighted by molar-refractivity contribution is 5.81. The van der Waals surface area contributed by atoms with Crippen molar-refractivity contribution in [3.8, 4) is 5.88 Å². The van der Waals surface area contributed by atoms with Crippen LogP contribution in [-0.4, -0.2) is 20.1 Å². The molecule has 0 amide bonds. The number of aromatic nitrogens is 3. The quantitative estimate of drug-likeness (QED) is 0.709. The van der Waals surface area contributed by atoms with E-state index in [0.29, 0.717) is 23.1 Å². The lowest BCUT2D eigenvalue weighted by Gasteiger charge is -2.00. The van der Waals surface area contributed by atoms with Crippen LogP contribution in [0.5, 0.6) is 5.88 Å². The topological polar surface area (TPSA) is 58.9 Å². The van der Waals surface area contributed by atoms with Crippen molar-refractivity contribution in [3.63, 3.8) is 0 Å². The summed E-state index contributed by atoms with van der Waals surface area (Å²) in [5, 5.41) is 10.1. The summed E-state index contributed by atoms with van der Waals surface area (Å²) in [5.41, 5.74) is 0.687. The van der Waals surface area contributed by atoms with Crippen LogP contribution in [0, 0.1) is 0 Å². The van der Waals surface area contributed by atoms with Gasteiger partial charge in [-0.1, -0.05) is 6.92 Å². The second-order valence-corrected chi connectivity index (χ2v) is 2.71. The van der Waals surface area contributed by atoms with Gasteiger partial charge in [0.25, 0.3) is 0 Å². The first-order valence-electron chi connectivity index (χ1n) is 4.11. The minimum atomic E-state index is 0.0317. The molecular weight excluding hydrogens is 166 g/mol. The lowest BCUT2D eigenvalue weighted by Crippen LogP contribution is -1.93. The van der Waals surface area contributed by atoms with Gasteiger partial charge >= 0.3 is 0 Å². The summed E-state index contributed by atoms with van der Waals surface area (Å²) in [7, 11) is 0. The fourth-order valence-electron chi connectivity index (χ4n) is 1.17. The van der Waals surface area contributed by atoms with Gasteiger partial charge in [-0.3, -0.25) is 4.98 Å². The van der Waals surface area contributed by atoms with Gasteiger partial charge in [-0.05, 0) is 6.07 Å². The van der Waals surface area contributed by atoms with Crippen LogP contribution in [0.15, 0.2) is 18.5 Å². The van der Waals surface area contributed by atoms with Gasteiger partial charge in [-0.15, -0.1) is 0 Å². The van der Waals surface area contributed by atoms with Gasteiger partial charge in [0.15, 0.2) is 0 Å². The van der Waals surface area contributed by atoms with Crippen LogP contribution in [-0.2, 0) is 6.42 Å². The molecule has 0 atom stereocenters. The van der Waals surface area contributed by atoms with E-state index >= 15 is 0 Å². The van der Waals surface area contributed by atoms with E-state index in [9.17, 15) is 5.11 Å². The molecular formula is C9H9N3O. The van der Waals surface area contributed by atoms with Gasteiger partial charge in [0.2, 0.25) is 5.88 Å². The van der Waals surface area contributed by atoms with Crippen LogP contribution in [0.25, 0.3) is 10.9 Å². The third kappa shape index (κ3) is 1.30. The molecule has 0 saturated heterocycles. The summed E-state index contributed by atoms with van der Waals surface area (Å²) in [4.78, 5) is 12.1. The Morgan fingerprint density at radius 2 is 2.23 bits per heavy atom. The van der Waals surface area contributed by atoms with Gasteiger partial charge in [-0.25, -0.2) is 4.98 Å². The Morgan fingerprint density at radius 3 is 3.00 bits per heavy atom. The van der Waals surface area contributed by atoms with E-state index in [1.165, 1.54) is 0 Å². The third-order valence-electron chi connectivity index (χ3n) is 1.84. The number of hydrogen-bond acceptors (Lipinski definition) is 4. The summed E-state index contributed by atoms with van der Waals surface area (Å²) >= 11 is 0. The van der Waals surface area contributed by atoms with E-state index in [1.807, 2.05) is 6.92 Å². The summed E-state index contributed by atoms with van der Waals surface area (Å²) in [6.07, 6.45) is 3.94. The van der Waals surface area contributed by atoms with Crippen molar-refractivity contribution >= 4 is 10.9 Å². The molecule has 4 heteroatoms. The van der Waals surface area contributed by atoms with E-state index in [1.54, 1.807) is 18.5 Å². The highest BCUT2D eigenvalue weighted by Gasteiger charge is 2.03. The first-order valence-corrected chi connectivity index (χ1v) is 4.11. The van der Waals surface area contributed by atoms with Crippen LogP contribution >= 0.6 is 0 Å². The minimum absolute atomic E-state index is 0.0317. The molecule has 2 rings (SSSR count). The molecule has 2 aromatic rings. The van der Waals surface area contributed by atoms with Gasteiger partial charge < -0.3 is 5.11 Å². The van der Waals surface area contributed by atoms with Crippen LogP contribution in [0.4, 0.5) is 0 Å². The van der Waals surface area contributed by atoms with Crippen molar-refractivity contribution in [2.45, 2.75) is 13.3 Å². The average molecular weight is 175 g/mol. The summed E-state index contributed by atoms with van der Waals surface area (Å²) in [6.45, 7) is 1.94. The van der Waals surface area contributed by atoms with Gasteiger partial charge in [0.1, 0.15) is 5.82 Å². The predicted molar refractivity (Wildman–Crippen MR) is 48.4 cm³/mol. The van der Waals surface area contributed by atoms with E-state index in [0.717, 1.165) is 0 Å². The number of hydrogen-bond donors (Lipinski definition) is 1. The molecule has 13 heavy (non-hydrogen) atoms. The molecule has 0 unspecified atom stereocenters. The first-order chi connectivity index (χ1) is 6.31. The van der Waals surface area contributed by atoms with Crippen LogP contribution < -0.4 is 0 Å². The van der Waals surface area contributed by atoms with E-state index in [-0.39, 0.29) is 5.88 Å². The highest BCUT2D eigenvalue weighted by Crippen LogP contribution is 2.19.